The first-order valence-corrected chi connectivity index (χ1v) is 13.5. The van der Waals surface area contributed by atoms with E-state index in [-0.39, 0.29) is 5.75 Å². The van der Waals surface area contributed by atoms with Crippen molar-refractivity contribution >= 4 is 27.7 Å². The molecule has 8 heteroatoms. The highest BCUT2D eigenvalue weighted by atomic mass is 32.2. The highest BCUT2D eigenvalue weighted by Gasteiger charge is 2.35. The van der Waals surface area contributed by atoms with Crippen molar-refractivity contribution in [3.05, 3.63) is 48.2 Å². The summed E-state index contributed by atoms with van der Waals surface area (Å²) in [5.41, 5.74) is 4.01. The summed E-state index contributed by atoms with van der Waals surface area (Å²) >= 11 is -2.08. The summed E-state index contributed by atoms with van der Waals surface area (Å²) in [5, 5.41) is 11.7. The topological polar surface area (TPSA) is 86.1 Å². The first-order chi connectivity index (χ1) is 17.1. The van der Waals surface area contributed by atoms with Crippen LogP contribution in [0.25, 0.3) is 22.0 Å². The molecule has 1 aliphatic heterocycles. The van der Waals surface area contributed by atoms with Crippen LogP contribution < -0.4 is 9.64 Å². The van der Waals surface area contributed by atoms with Gasteiger partial charge in [0.05, 0.1) is 23.1 Å². The van der Waals surface area contributed by atoms with Crippen molar-refractivity contribution in [1.29, 1.82) is 0 Å². The smallest absolute Gasteiger partial charge is 0.165 e. The van der Waals surface area contributed by atoms with Gasteiger partial charge in [-0.2, -0.15) is 0 Å². The number of fused-ring (bicyclic) bond motifs is 1. The fourth-order valence-electron chi connectivity index (χ4n) is 5.17. The molecule has 1 aliphatic rings. The number of nitrogens with zero attached hydrogens (tertiary/aromatic N) is 3. The molecule has 1 fully saturated rings. The lowest BCUT2D eigenvalue weighted by Gasteiger charge is -2.40. The minimum atomic E-state index is -2.08. The largest absolute Gasteiger partial charge is 0.504 e. The number of pyridine rings is 1. The second-order valence-electron chi connectivity index (χ2n) is 10.4. The van der Waals surface area contributed by atoms with E-state index in [0.29, 0.717) is 23.3 Å². The zero-order valence-corrected chi connectivity index (χ0v) is 22.8. The average molecular weight is 512 g/mol. The quantitative estimate of drug-likeness (QED) is 0.420. The molecular formula is C28H37N3O4S. The maximum absolute atomic E-state index is 12.4. The standard InChI is InChI=1S/C28H37N3O4S/c1-18(30(4)5)19-12-14-31(15-13-19)26-22-16-20(21-8-7-9-25(35-6)27(21)32)10-11-24(22)29-17-23(26)28(2,3)36(33)34/h7-11,16-19,32H,12-15H2,1-6H3,(H,33,34). The Morgan fingerprint density at radius 3 is 2.50 bits per heavy atom. The van der Waals surface area contributed by atoms with Crippen LogP contribution in [0.3, 0.4) is 0 Å². The zero-order valence-electron chi connectivity index (χ0n) is 22.0. The molecule has 0 spiro atoms. The Hall–Kier alpha value is -2.68. The molecule has 36 heavy (non-hydrogen) atoms. The van der Waals surface area contributed by atoms with Gasteiger partial charge in [-0.15, -0.1) is 0 Å². The van der Waals surface area contributed by atoms with E-state index in [1.54, 1.807) is 26.1 Å². The van der Waals surface area contributed by atoms with Crippen molar-refractivity contribution in [2.75, 3.05) is 39.2 Å². The number of para-hydroxylation sites is 1. The van der Waals surface area contributed by atoms with Crippen LogP contribution in [0, 0.1) is 5.92 Å². The molecule has 0 amide bonds. The van der Waals surface area contributed by atoms with Gasteiger partial charge >= 0.3 is 0 Å². The molecule has 0 radical (unpaired) electrons. The normalized spacial score (nSPS) is 16.9. The van der Waals surface area contributed by atoms with Crippen LogP contribution >= 0.6 is 0 Å². The molecule has 3 aromatic rings. The number of phenolic OH excluding ortho intramolecular Hbond substituents is 1. The van der Waals surface area contributed by atoms with Crippen LogP contribution in [0.1, 0.15) is 39.2 Å². The highest BCUT2D eigenvalue weighted by Crippen LogP contribution is 2.43. The predicted molar refractivity (Wildman–Crippen MR) is 147 cm³/mol. The first kappa shape index (κ1) is 26.4. The molecule has 2 heterocycles. The van der Waals surface area contributed by atoms with Gasteiger partial charge in [-0.25, -0.2) is 4.21 Å². The zero-order chi connectivity index (χ0) is 26.2. The summed E-state index contributed by atoms with van der Waals surface area (Å²) in [6.07, 6.45) is 3.84. The van der Waals surface area contributed by atoms with Crippen LogP contribution in [0.5, 0.6) is 11.5 Å². The van der Waals surface area contributed by atoms with E-state index in [1.807, 2.05) is 30.3 Å². The Balaban J connectivity index is 1.87. The summed E-state index contributed by atoms with van der Waals surface area (Å²) < 4.78 is 26.9. The maximum Gasteiger partial charge on any atom is 0.165 e. The monoisotopic (exact) mass is 511 g/mol. The van der Waals surface area contributed by atoms with Crippen molar-refractivity contribution in [2.24, 2.45) is 5.92 Å². The number of rotatable bonds is 7. The minimum absolute atomic E-state index is 0.0836. The Kier molecular flexibility index (Phi) is 7.59. The van der Waals surface area contributed by atoms with E-state index >= 15 is 0 Å². The number of anilines is 1. The van der Waals surface area contributed by atoms with Gasteiger partial charge in [-0.1, -0.05) is 18.2 Å². The average Bonchev–Trinajstić information content (AvgIpc) is 2.87. The highest BCUT2D eigenvalue weighted by molar-refractivity contribution is 7.80. The maximum atomic E-state index is 12.4. The van der Waals surface area contributed by atoms with E-state index in [1.165, 1.54) is 7.11 Å². The van der Waals surface area contributed by atoms with Crippen LogP contribution in [0.4, 0.5) is 5.69 Å². The van der Waals surface area contributed by atoms with E-state index in [0.717, 1.165) is 53.6 Å². The Bertz CT molecular complexity index is 1270. The molecule has 2 N–H and O–H groups in total. The summed E-state index contributed by atoms with van der Waals surface area (Å²) in [6.45, 7) is 7.57. The molecule has 1 aromatic heterocycles. The van der Waals surface area contributed by atoms with Crippen LogP contribution in [-0.4, -0.2) is 64.1 Å². The summed E-state index contributed by atoms with van der Waals surface area (Å²) in [7, 11) is 5.78. The van der Waals surface area contributed by atoms with Gasteiger partial charge in [0.15, 0.2) is 22.6 Å². The molecule has 0 bridgehead atoms. The third-order valence-electron chi connectivity index (χ3n) is 7.81. The number of hydrogen-bond donors (Lipinski definition) is 2. The molecule has 0 saturated carbocycles. The van der Waals surface area contributed by atoms with Crippen molar-refractivity contribution in [1.82, 2.24) is 9.88 Å². The molecule has 1 saturated heterocycles. The fraction of sp³-hybridized carbons (Fsp3) is 0.464. The molecule has 7 nitrogen and oxygen atoms in total. The van der Waals surface area contributed by atoms with E-state index in [9.17, 15) is 13.9 Å². The van der Waals surface area contributed by atoms with Gasteiger partial charge in [0.2, 0.25) is 0 Å². The van der Waals surface area contributed by atoms with Crippen molar-refractivity contribution in [3.63, 3.8) is 0 Å². The molecular weight excluding hydrogens is 474 g/mol. The number of hydrogen-bond acceptors (Lipinski definition) is 6. The van der Waals surface area contributed by atoms with Gasteiger partial charge in [-0.05, 0) is 77.4 Å². The number of ether oxygens (including phenoxy) is 1. The first-order valence-electron chi connectivity index (χ1n) is 12.4. The molecule has 2 aromatic carbocycles. The summed E-state index contributed by atoms with van der Waals surface area (Å²) in [6, 6.07) is 11.8. The number of aromatic hydroxyl groups is 1. The molecule has 0 aliphatic carbocycles. The second kappa shape index (κ2) is 10.4. The van der Waals surface area contributed by atoms with Crippen LogP contribution in [-0.2, 0) is 15.8 Å². The number of phenols is 1. The SMILES string of the molecule is COc1cccc(-c2ccc3ncc(C(C)(C)S(=O)O)c(N4CCC(C(C)N(C)C)CC4)c3c2)c1O. The second-order valence-corrected chi connectivity index (χ2v) is 11.9. The van der Waals surface area contributed by atoms with Crippen molar-refractivity contribution in [3.8, 4) is 22.6 Å². The summed E-state index contributed by atoms with van der Waals surface area (Å²) in [4.78, 5) is 9.30. The van der Waals surface area contributed by atoms with Crippen LogP contribution in [0.2, 0.25) is 0 Å². The summed E-state index contributed by atoms with van der Waals surface area (Å²) in [5.74, 6) is 1.09. The van der Waals surface area contributed by atoms with Gasteiger partial charge < -0.3 is 24.2 Å². The lowest BCUT2D eigenvalue weighted by Crippen LogP contribution is -2.42. The molecule has 4 rings (SSSR count). The van der Waals surface area contributed by atoms with Gasteiger partial charge in [-0.3, -0.25) is 4.98 Å². The number of methoxy groups -OCH3 is 1. The Morgan fingerprint density at radius 2 is 1.89 bits per heavy atom. The van der Waals surface area contributed by atoms with E-state index < -0.39 is 15.8 Å². The van der Waals surface area contributed by atoms with Crippen molar-refractivity contribution in [2.45, 2.75) is 44.4 Å². The third kappa shape index (κ3) is 4.82. The Morgan fingerprint density at radius 1 is 1.19 bits per heavy atom. The van der Waals surface area contributed by atoms with Gasteiger partial charge in [0, 0.05) is 41.8 Å². The lowest BCUT2D eigenvalue weighted by atomic mass is 9.88. The number of aromatic nitrogens is 1. The minimum Gasteiger partial charge on any atom is -0.504 e. The fourth-order valence-corrected chi connectivity index (χ4v) is 5.51. The van der Waals surface area contributed by atoms with E-state index in [4.69, 9.17) is 4.74 Å². The van der Waals surface area contributed by atoms with E-state index in [2.05, 4.69) is 35.8 Å². The number of piperidine rings is 1. The Labute approximate surface area is 216 Å². The predicted octanol–water partition coefficient (Wildman–Crippen LogP) is 5.24. The lowest BCUT2D eigenvalue weighted by molar-refractivity contribution is 0.199. The molecule has 194 valence electrons. The van der Waals surface area contributed by atoms with Crippen LogP contribution in [0.15, 0.2) is 42.6 Å². The van der Waals surface area contributed by atoms with Gasteiger partial charge in [0.25, 0.3) is 0 Å². The van der Waals surface area contributed by atoms with Crippen molar-refractivity contribution < 1.29 is 18.6 Å². The van der Waals surface area contributed by atoms with Gasteiger partial charge in [0.1, 0.15) is 0 Å². The third-order valence-corrected chi connectivity index (χ3v) is 8.90. The number of benzene rings is 2. The molecule has 2 atom stereocenters. The molecule has 2 unspecified atom stereocenters.